The molecule has 4 aromatic rings. The molecule has 1 aliphatic heterocycles. The Labute approximate surface area is 174 Å². The second kappa shape index (κ2) is 7.26. The van der Waals surface area contributed by atoms with E-state index in [0.717, 1.165) is 16.3 Å². The van der Waals surface area contributed by atoms with E-state index in [2.05, 4.69) is 60.5 Å². The summed E-state index contributed by atoms with van der Waals surface area (Å²) >= 11 is 1.77. The van der Waals surface area contributed by atoms with Gasteiger partial charge in [0.2, 0.25) is 0 Å². The molecule has 0 atom stereocenters. The summed E-state index contributed by atoms with van der Waals surface area (Å²) in [5, 5.41) is 2.22. The molecule has 1 aliphatic rings. The Balaban J connectivity index is 1.41. The largest absolute Gasteiger partial charge is 0.343 e. The molecule has 1 heterocycles. The van der Waals surface area contributed by atoms with Crippen molar-refractivity contribution in [2.24, 2.45) is 0 Å². The van der Waals surface area contributed by atoms with E-state index in [0.29, 0.717) is 5.56 Å². The number of anilines is 2. The number of hydrogen-bond acceptors (Lipinski definition) is 3. The predicted molar refractivity (Wildman–Crippen MR) is 122 cm³/mol. The number of carbonyl (C=O) groups is 1. The van der Waals surface area contributed by atoms with Crippen LogP contribution in [-0.4, -0.2) is 12.8 Å². The van der Waals surface area contributed by atoms with Crippen LogP contribution in [0, 0.1) is 0 Å². The van der Waals surface area contributed by atoms with E-state index in [-0.39, 0.29) is 5.78 Å². The number of hydrogen-bond donors (Lipinski definition) is 0. The molecule has 140 valence electrons. The van der Waals surface area contributed by atoms with E-state index >= 15 is 0 Å². The summed E-state index contributed by atoms with van der Waals surface area (Å²) < 4.78 is 0. The van der Waals surface area contributed by atoms with Gasteiger partial charge in [-0.25, -0.2) is 0 Å². The van der Waals surface area contributed by atoms with Crippen molar-refractivity contribution in [3.05, 3.63) is 102 Å². The van der Waals surface area contributed by atoms with Gasteiger partial charge in [-0.1, -0.05) is 72.4 Å². The molecule has 4 aromatic carbocycles. The first kappa shape index (κ1) is 17.8. The Morgan fingerprint density at radius 1 is 0.793 bits per heavy atom. The van der Waals surface area contributed by atoms with Crippen molar-refractivity contribution in [1.29, 1.82) is 0 Å². The van der Waals surface area contributed by atoms with Crippen LogP contribution in [0.3, 0.4) is 0 Å². The fourth-order valence-corrected chi connectivity index (χ4v) is 4.87. The highest BCUT2D eigenvalue weighted by Crippen LogP contribution is 2.47. The molecule has 0 bridgehead atoms. The fourth-order valence-electron chi connectivity index (χ4n) is 3.67. The summed E-state index contributed by atoms with van der Waals surface area (Å²) in [4.78, 5) is 17.3. The Morgan fingerprint density at radius 2 is 1.55 bits per heavy atom. The minimum absolute atomic E-state index is 0.0172. The second-order valence-corrected chi connectivity index (χ2v) is 8.20. The van der Waals surface area contributed by atoms with Crippen molar-refractivity contribution in [1.82, 2.24) is 0 Å². The lowest BCUT2D eigenvalue weighted by molar-refractivity contribution is 0.104. The maximum atomic E-state index is 12.7. The number of benzene rings is 4. The molecule has 0 fully saturated rings. The number of carbonyl (C=O) groups excluding carboxylic acids is 1. The second-order valence-electron chi connectivity index (χ2n) is 7.12. The number of fused-ring (bicyclic) bond motifs is 3. The van der Waals surface area contributed by atoms with Gasteiger partial charge in [-0.2, -0.15) is 0 Å². The molecule has 3 heteroatoms. The summed E-state index contributed by atoms with van der Waals surface area (Å²) in [6, 6.07) is 28.7. The normalized spacial score (nSPS) is 12.8. The van der Waals surface area contributed by atoms with Crippen LogP contribution in [0.15, 0.2) is 101 Å². The summed E-state index contributed by atoms with van der Waals surface area (Å²) in [6.07, 6.45) is 3.57. The lowest BCUT2D eigenvalue weighted by Crippen LogP contribution is -2.14. The van der Waals surface area contributed by atoms with Gasteiger partial charge in [0.1, 0.15) is 0 Å². The third-order valence-corrected chi connectivity index (χ3v) is 6.36. The first-order valence-corrected chi connectivity index (χ1v) is 10.4. The van der Waals surface area contributed by atoms with Crippen molar-refractivity contribution in [2.45, 2.75) is 9.79 Å². The van der Waals surface area contributed by atoms with Crippen LogP contribution < -0.4 is 4.90 Å². The fraction of sp³-hybridized carbons (Fsp3) is 0.0385. The number of nitrogens with zero attached hydrogens (tertiary/aromatic N) is 1. The molecule has 0 saturated carbocycles. The van der Waals surface area contributed by atoms with Gasteiger partial charge < -0.3 is 4.90 Å². The molecule has 0 unspecified atom stereocenters. The smallest absolute Gasteiger partial charge is 0.185 e. The van der Waals surface area contributed by atoms with Crippen LogP contribution >= 0.6 is 11.8 Å². The molecule has 2 nitrogen and oxygen atoms in total. The van der Waals surface area contributed by atoms with Crippen LogP contribution in [0.2, 0.25) is 0 Å². The summed E-state index contributed by atoms with van der Waals surface area (Å²) in [5.41, 5.74) is 4.14. The first-order chi connectivity index (χ1) is 14.2. The van der Waals surface area contributed by atoms with Crippen molar-refractivity contribution in [2.75, 3.05) is 11.9 Å². The third kappa shape index (κ3) is 3.34. The van der Waals surface area contributed by atoms with Gasteiger partial charge in [0, 0.05) is 22.4 Å². The molecule has 0 N–H and O–H groups in total. The quantitative estimate of drug-likeness (QED) is 0.277. The maximum Gasteiger partial charge on any atom is 0.185 e. The van der Waals surface area contributed by atoms with Gasteiger partial charge in [-0.15, -0.1) is 0 Å². The number of ketones is 1. The van der Waals surface area contributed by atoms with E-state index in [1.165, 1.54) is 21.2 Å². The topological polar surface area (TPSA) is 20.3 Å². The van der Waals surface area contributed by atoms with E-state index in [4.69, 9.17) is 0 Å². The van der Waals surface area contributed by atoms with E-state index < -0.39 is 0 Å². The maximum absolute atomic E-state index is 12.7. The lowest BCUT2D eigenvalue weighted by atomic mass is 10.0. The zero-order valence-corrected chi connectivity index (χ0v) is 16.8. The van der Waals surface area contributed by atoms with E-state index in [1.54, 1.807) is 17.8 Å². The van der Waals surface area contributed by atoms with Crippen LogP contribution in [0.5, 0.6) is 0 Å². The van der Waals surface area contributed by atoms with Gasteiger partial charge in [0.25, 0.3) is 0 Å². The van der Waals surface area contributed by atoms with E-state index in [1.807, 2.05) is 42.5 Å². The van der Waals surface area contributed by atoms with Crippen molar-refractivity contribution in [3.63, 3.8) is 0 Å². The highest BCUT2D eigenvalue weighted by molar-refractivity contribution is 7.99. The summed E-state index contributed by atoms with van der Waals surface area (Å²) in [6.45, 7) is 0. The van der Waals surface area contributed by atoms with Crippen LogP contribution in [-0.2, 0) is 0 Å². The Bertz CT molecular complexity index is 1270. The minimum atomic E-state index is 0.0172. The lowest BCUT2D eigenvalue weighted by Gasteiger charge is -2.29. The molecular formula is C26H19NOS. The highest BCUT2D eigenvalue weighted by Gasteiger charge is 2.20. The zero-order valence-electron chi connectivity index (χ0n) is 16.0. The number of allylic oxidation sites excluding steroid dienone is 1. The molecule has 0 aromatic heterocycles. The molecule has 5 rings (SSSR count). The Kier molecular flexibility index (Phi) is 4.45. The molecule has 0 saturated heterocycles. The van der Waals surface area contributed by atoms with Gasteiger partial charge in [-0.3, -0.25) is 4.79 Å². The van der Waals surface area contributed by atoms with Crippen LogP contribution in [0.1, 0.15) is 15.9 Å². The van der Waals surface area contributed by atoms with Gasteiger partial charge >= 0.3 is 0 Å². The highest BCUT2D eigenvalue weighted by atomic mass is 32.2. The monoisotopic (exact) mass is 393 g/mol. The Morgan fingerprint density at radius 3 is 2.45 bits per heavy atom. The zero-order chi connectivity index (χ0) is 19.8. The van der Waals surface area contributed by atoms with Crippen LogP contribution in [0.4, 0.5) is 11.4 Å². The first-order valence-electron chi connectivity index (χ1n) is 9.55. The van der Waals surface area contributed by atoms with Gasteiger partial charge in [0.05, 0.1) is 11.4 Å². The van der Waals surface area contributed by atoms with Crippen molar-refractivity contribution >= 4 is 45.8 Å². The van der Waals surface area contributed by atoms with Crippen molar-refractivity contribution < 1.29 is 4.79 Å². The van der Waals surface area contributed by atoms with Crippen LogP contribution in [0.25, 0.3) is 16.8 Å². The van der Waals surface area contributed by atoms with Gasteiger partial charge in [0.15, 0.2) is 5.78 Å². The molecule has 0 amide bonds. The SMILES string of the molecule is CN1c2ccccc2Sc2cc(/C=C/C(=O)c3ccc4ccccc4c3)ccc21. The predicted octanol–water partition coefficient (Wildman–Crippen LogP) is 6.97. The molecule has 0 aliphatic carbocycles. The molecule has 0 spiro atoms. The standard InChI is InChI=1S/C26H19NOS/c1-27-22-8-4-5-9-25(22)29-26-16-18(10-14-23(26)27)11-15-24(28)21-13-12-19-6-2-3-7-20(19)17-21/h2-17H,1H3/b15-11+. The van der Waals surface area contributed by atoms with E-state index in [9.17, 15) is 4.79 Å². The molecular weight excluding hydrogens is 374 g/mol. The third-order valence-electron chi connectivity index (χ3n) is 5.25. The minimum Gasteiger partial charge on any atom is -0.343 e. The van der Waals surface area contributed by atoms with Gasteiger partial charge in [-0.05, 0) is 52.7 Å². The summed E-state index contributed by atoms with van der Waals surface area (Å²) in [7, 11) is 2.09. The average molecular weight is 394 g/mol. The number of para-hydroxylation sites is 1. The average Bonchev–Trinajstić information content (AvgIpc) is 2.77. The number of rotatable bonds is 3. The molecule has 29 heavy (non-hydrogen) atoms. The Hall–Kier alpha value is -3.30. The van der Waals surface area contributed by atoms with Crippen molar-refractivity contribution in [3.8, 4) is 0 Å². The summed E-state index contributed by atoms with van der Waals surface area (Å²) in [5.74, 6) is 0.0172. The molecule has 0 radical (unpaired) electrons.